The third-order valence-electron chi connectivity index (χ3n) is 3.03. The van der Waals surface area contributed by atoms with E-state index in [4.69, 9.17) is 9.84 Å². The number of nitrogens with one attached hydrogen (secondary N) is 1. The quantitative estimate of drug-likeness (QED) is 0.648. The van der Waals surface area contributed by atoms with E-state index in [-0.39, 0.29) is 25.6 Å². The molecule has 0 aromatic rings. The van der Waals surface area contributed by atoms with Gasteiger partial charge in [0.1, 0.15) is 6.54 Å². The molecule has 0 saturated carbocycles. The number of hydrogen-bond acceptors (Lipinski definition) is 4. The van der Waals surface area contributed by atoms with Gasteiger partial charge >= 0.3 is 12.0 Å². The number of amides is 3. The Hall–Kier alpha value is -1.83. The lowest BCUT2D eigenvalue weighted by Crippen LogP contribution is -2.47. The molecule has 0 spiro atoms. The Morgan fingerprint density at radius 3 is 2.50 bits per heavy atom. The number of carboxylic acids is 1. The topological polar surface area (TPSA) is 99.2 Å². The lowest BCUT2D eigenvalue weighted by molar-refractivity contribution is -0.137. The molecule has 0 aliphatic carbocycles. The smallest absolute Gasteiger partial charge is 0.323 e. The minimum atomic E-state index is -1.11. The Morgan fingerprint density at radius 1 is 1.30 bits per heavy atom. The van der Waals surface area contributed by atoms with E-state index >= 15 is 0 Å². The first kappa shape index (κ1) is 16.2. The molecule has 1 aliphatic rings. The fourth-order valence-electron chi connectivity index (χ4n) is 1.96. The first-order valence-electron chi connectivity index (χ1n) is 6.56. The second kappa shape index (κ2) is 8.36. The van der Waals surface area contributed by atoms with Gasteiger partial charge in [-0.2, -0.15) is 0 Å². The summed E-state index contributed by atoms with van der Waals surface area (Å²) in [4.78, 5) is 37.1. The van der Waals surface area contributed by atoms with Gasteiger partial charge in [0.25, 0.3) is 0 Å². The SMILES string of the molecule is COCCN(CC(=O)O)C(=O)NCC(=O)N1CCCC1. The summed E-state index contributed by atoms with van der Waals surface area (Å²) >= 11 is 0. The van der Waals surface area contributed by atoms with E-state index in [1.54, 1.807) is 4.90 Å². The molecule has 20 heavy (non-hydrogen) atoms. The van der Waals surface area contributed by atoms with Crippen LogP contribution in [-0.2, 0) is 14.3 Å². The average Bonchev–Trinajstić information content (AvgIpc) is 2.94. The van der Waals surface area contributed by atoms with Crippen LogP contribution in [0.25, 0.3) is 0 Å². The van der Waals surface area contributed by atoms with Crippen LogP contribution < -0.4 is 5.32 Å². The van der Waals surface area contributed by atoms with Crippen molar-refractivity contribution >= 4 is 17.9 Å². The Bertz CT molecular complexity index is 355. The number of nitrogens with zero attached hydrogens (tertiary/aromatic N) is 2. The third kappa shape index (κ3) is 5.43. The van der Waals surface area contributed by atoms with Crippen LogP contribution in [0, 0.1) is 0 Å². The normalized spacial score (nSPS) is 14.2. The van der Waals surface area contributed by atoms with E-state index in [1.165, 1.54) is 7.11 Å². The summed E-state index contributed by atoms with van der Waals surface area (Å²) in [5.41, 5.74) is 0. The van der Waals surface area contributed by atoms with Crippen LogP contribution in [0.3, 0.4) is 0 Å². The number of aliphatic carboxylic acids is 1. The molecule has 1 heterocycles. The van der Waals surface area contributed by atoms with E-state index in [0.29, 0.717) is 0 Å². The molecule has 0 bridgehead atoms. The Kier molecular flexibility index (Phi) is 6.78. The number of hydrogen-bond donors (Lipinski definition) is 2. The van der Waals surface area contributed by atoms with Gasteiger partial charge in [0.15, 0.2) is 0 Å². The number of carbonyl (C=O) groups is 3. The fraction of sp³-hybridized carbons (Fsp3) is 0.750. The maximum atomic E-state index is 11.8. The minimum Gasteiger partial charge on any atom is -0.480 e. The van der Waals surface area contributed by atoms with Crippen LogP contribution in [0.15, 0.2) is 0 Å². The number of carboxylic acid groups (broad SMARTS) is 1. The molecule has 0 aromatic heterocycles. The second-order valence-corrected chi connectivity index (χ2v) is 4.55. The highest BCUT2D eigenvalue weighted by Crippen LogP contribution is 2.06. The van der Waals surface area contributed by atoms with E-state index in [9.17, 15) is 14.4 Å². The molecular formula is C12H21N3O5. The molecule has 1 fully saturated rings. The predicted octanol–water partition coefficient (Wildman–Crippen LogP) is -0.649. The van der Waals surface area contributed by atoms with Crippen LogP contribution in [0.1, 0.15) is 12.8 Å². The highest BCUT2D eigenvalue weighted by molar-refractivity contribution is 5.85. The van der Waals surface area contributed by atoms with Crippen LogP contribution >= 0.6 is 0 Å². The number of urea groups is 1. The van der Waals surface area contributed by atoms with Crippen molar-refractivity contribution < 1.29 is 24.2 Å². The van der Waals surface area contributed by atoms with Gasteiger partial charge in [0.2, 0.25) is 5.91 Å². The van der Waals surface area contributed by atoms with Gasteiger partial charge in [-0.25, -0.2) is 4.79 Å². The molecule has 0 aromatic carbocycles. The van der Waals surface area contributed by atoms with Crippen LogP contribution in [0.2, 0.25) is 0 Å². The molecule has 0 atom stereocenters. The number of methoxy groups -OCH3 is 1. The monoisotopic (exact) mass is 287 g/mol. The van der Waals surface area contributed by atoms with Crippen molar-refractivity contribution in [2.45, 2.75) is 12.8 Å². The Labute approximate surface area is 117 Å². The minimum absolute atomic E-state index is 0.109. The van der Waals surface area contributed by atoms with Gasteiger partial charge in [-0.3, -0.25) is 9.59 Å². The largest absolute Gasteiger partial charge is 0.480 e. The summed E-state index contributed by atoms with van der Waals surface area (Å²) in [6.45, 7) is 1.30. The fourth-order valence-corrected chi connectivity index (χ4v) is 1.96. The van der Waals surface area contributed by atoms with Crippen LogP contribution in [-0.4, -0.2) is 79.3 Å². The third-order valence-corrected chi connectivity index (χ3v) is 3.03. The summed E-state index contributed by atoms with van der Waals surface area (Å²) in [6.07, 6.45) is 1.97. The molecule has 8 heteroatoms. The van der Waals surface area contributed by atoms with Gasteiger partial charge in [0, 0.05) is 26.7 Å². The van der Waals surface area contributed by atoms with Gasteiger partial charge in [-0.05, 0) is 12.8 Å². The average molecular weight is 287 g/mol. The molecular weight excluding hydrogens is 266 g/mol. The lowest BCUT2D eigenvalue weighted by atomic mass is 10.4. The maximum absolute atomic E-state index is 11.8. The maximum Gasteiger partial charge on any atom is 0.323 e. The first-order chi connectivity index (χ1) is 9.54. The lowest BCUT2D eigenvalue weighted by Gasteiger charge is -2.22. The second-order valence-electron chi connectivity index (χ2n) is 4.55. The number of carbonyl (C=O) groups excluding carboxylic acids is 2. The first-order valence-corrected chi connectivity index (χ1v) is 6.56. The summed E-state index contributed by atoms with van der Waals surface area (Å²) in [5.74, 6) is -1.25. The molecule has 114 valence electrons. The highest BCUT2D eigenvalue weighted by Gasteiger charge is 2.20. The van der Waals surface area contributed by atoms with Crippen molar-refractivity contribution in [3.05, 3.63) is 0 Å². The molecule has 8 nitrogen and oxygen atoms in total. The molecule has 1 saturated heterocycles. The summed E-state index contributed by atoms with van der Waals surface area (Å²) < 4.78 is 4.82. The Morgan fingerprint density at radius 2 is 1.95 bits per heavy atom. The van der Waals surface area contributed by atoms with Crippen molar-refractivity contribution in [2.24, 2.45) is 0 Å². The van der Waals surface area contributed by atoms with Crippen LogP contribution in [0.4, 0.5) is 4.79 Å². The molecule has 0 unspecified atom stereocenters. The molecule has 3 amide bonds. The standard InChI is InChI=1S/C12H21N3O5/c1-20-7-6-15(9-11(17)18)12(19)13-8-10(16)14-4-2-3-5-14/h2-9H2,1H3,(H,13,19)(H,17,18). The van der Waals surface area contributed by atoms with E-state index in [0.717, 1.165) is 30.8 Å². The van der Waals surface area contributed by atoms with Gasteiger partial charge in [-0.1, -0.05) is 0 Å². The molecule has 2 N–H and O–H groups in total. The summed E-state index contributed by atoms with van der Waals surface area (Å²) in [6, 6.07) is -0.572. The number of likely N-dealkylation sites (tertiary alicyclic amines) is 1. The highest BCUT2D eigenvalue weighted by atomic mass is 16.5. The van der Waals surface area contributed by atoms with E-state index in [2.05, 4.69) is 5.32 Å². The van der Waals surface area contributed by atoms with Gasteiger partial charge in [0.05, 0.1) is 13.2 Å². The van der Waals surface area contributed by atoms with Gasteiger partial charge < -0.3 is 25.0 Å². The zero-order chi connectivity index (χ0) is 15.0. The van der Waals surface area contributed by atoms with E-state index in [1.807, 2.05) is 0 Å². The van der Waals surface area contributed by atoms with Crippen molar-refractivity contribution in [2.75, 3.05) is 46.4 Å². The van der Waals surface area contributed by atoms with Crippen molar-refractivity contribution in [3.63, 3.8) is 0 Å². The summed E-state index contributed by atoms with van der Waals surface area (Å²) in [7, 11) is 1.47. The van der Waals surface area contributed by atoms with Crippen molar-refractivity contribution in [1.82, 2.24) is 15.1 Å². The predicted molar refractivity (Wildman–Crippen MR) is 70.3 cm³/mol. The number of ether oxygens (including phenoxy) is 1. The Balaban J connectivity index is 2.39. The van der Waals surface area contributed by atoms with Crippen molar-refractivity contribution in [1.29, 1.82) is 0 Å². The summed E-state index contributed by atoms with van der Waals surface area (Å²) in [5, 5.41) is 11.2. The molecule has 1 rings (SSSR count). The zero-order valence-electron chi connectivity index (χ0n) is 11.6. The molecule has 1 aliphatic heterocycles. The zero-order valence-corrected chi connectivity index (χ0v) is 11.6. The van der Waals surface area contributed by atoms with Crippen molar-refractivity contribution in [3.8, 4) is 0 Å². The number of rotatable bonds is 7. The van der Waals surface area contributed by atoms with E-state index < -0.39 is 18.5 Å². The van der Waals surface area contributed by atoms with Crippen LogP contribution in [0.5, 0.6) is 0 Å². The molecule has 0 radical (unpaired) electrons. The van der Waals surface area contributed by atoms with Gasteiger partial charge in [-0.15, -0.1) is 0 Å².